The summed E-state index contributed by atoms with van der Waals surface area (Å²) < 4.78 is 10.7. The Morgan fingerprint density at radius 1 is 1.35 bits per heavy atom. The number of benzene rings is 1. The Bertz CT molecular complexity index is 693. The van der Waals surface area contributed by atoms with Gasteiger partial charge in [-0.25, -0.2) is 4.98 Å². The zero-order chi connectivity index (χ0) is 16.2. The number of rotatable bonds is 4. The molecule has 1 aromatic heterocycles. The minimum absolute atomic E-state index is 0.145. The maximum Gasteiger partial charge on any atom is 0.228 e. The highest BCUT2D eigenvalue weighted by atomic mass is 32.1. The largest absolute Gasteiger partial charge is 0.496 e. The topological polar surface area (TPSA) is 51.7 Å². The average Bonchev–Trinajstić information content (AvgIpc) is 2.96. The molecule has 23 heavy (non-hydrogen) atoms. The number of nitrogens with zero attached hydrogens (tertiary/aromatic N) is 2. The van der Waals surface area contributed by atoms with E-state index in [4.69, 9.17) is 9.47 Å². The predicted octanol–water partition coefficient (Wildman–Crippen LogP) is 2.53. The number of methoxy groups -OCH3 is 1. The number of hydrogen-bond donors (Lipinski definition) is 0. The minimum Gasteiger partial charge on any atom is -0.496 e. The number of carbonyl (C=O) groups excluding carboxylic acids is 1. The second-order valence-corrected chi connectivity index (χ2v) is 6.48. The van der Waals surface area contributed by atoms with E-state index in [0.29, 0.717) is 32.7 Å². The van der Waals surface area contributed by atoms with Crippen LogP contribution in [0.1, 0.15) is 10.6 Å². The Balaban J connectivity index is 1.79. The number of aryl methyl sites for hydroxylation is 1. The Labute approximate surface area is 139 Å². The summed E-state index contributed by atoms with van der Waals surface area (Å²) >= 11 is 1.56. The molecule has 2 heterocycles. The van der Waals surface area contributed by atoms with E-state index in [-0.39, 0.29) is 5.91 Å². The molecule has 1 aliphatic rings. The van der Waals surface area contributed by atoms with E-state index in [9.17, 15) is 4.79 Å². The van der Waals surface area contributed by atoms with Crippen molar-refractivity contribution in [1.29, 1.82) is 0 Å². The summed E-state index contributed by atoms with van der Waals surface area (Å²) in [5, 5.41) is 0.893. The van der Waals surface area contributed by atoms with Gasteiger partial charge in [0.2, 0.25) is 5.91 Å². The molecule has 0 N–H and O–H groups in total. The molecule has 122 valence electrons. The molecule has 1 amide bonds. The third-order valence-corrected chi connectivity index (χ3v) is 5.10. The number of hydrogen-bond acceptors (Lipinski definition) is 5. The Morgan fingerprint density at radius 3 is 2.83 bits per heavy atom. The number of thiazole rings is 1. The standard InChI is InChI=1S/C17H20N2O3S/c1-12-15(11-16(20)19-7-9-22-10-8-19)23-17(18-12)13-5-3-4-6-14(13)21-2/h3-6H,7-11H2,1-2H3. The first-order chi connectivity index (χ1) is 11.2. The fourth-order valence-electron chi connectivity index (χ4n) is 2.59. The van der Waals surface area contributed by atoms with Crippen molar-refractivity contribution in [3.05, 3.63) is 34.8 Å². The summed E-state index contributed by atoms with van der Waals surface area (Å²) in [6, 6.07) is 7.81. The molecule has 2 aromatic rings. The summed E-state index contributed by atoms with van der Waals surface area (Å²) in [7, 11) is 1.65. The van der Waals surface area contributed by atoms with Gasteiger partial charge in [-0.05, 0) is 19.1 Å². The smallest absolute Gasteiger partial charge is 0.228 e. The Hall–Kier alpha value is -1.92. The van der Waals surface area contributed by atoms with E-state index in [1.807, 2.05) is 36.1 Å². The normalized spacial score (nSPS) is 14.8. The highest BCUT2D eigenvalue weighted by Gasteiger charge is 2.20. The van der Waals surface area contributed by atoms with Crippen molar-refractivity contribution in [2.75, 3.05) is 33.4 Å². The molecule has 5 nitrogen and oxygen atoms in total. The van der Waals surface area contributed by atoms with Gasteiger partial charge in [-0.3, -0.25) is 4.79 Å². The number of carbonyl (C=O) groups is 1. The second kappa shape index (κ2) is 7.10. The second-order valence-electron chi connectivity index (χ2n) is 5.40. The quantitative estimate of drug-likeness (QED) is 0.863. The number of amides is 1. The Kier molecular flexibility index (Phi) is 4.93. The molecule has 0 bridgehead atoms. The fourth-order valence-corrected chi connectivity index (χ4v) is 3.67. The molecule has 0 radical (unpaired) electrons. The first-order valence-corrected chi connectivity index (χ1v) is 8.46. The van der Waals surface area contributed by atoms with Crippen molar-refractivity contribution in [3.8, 4) is 16.3 Å². The van der Waals surface area contributed by atoms with Gasteiger partial charge in [0.25, 0.3) is 0 Å². The SMILES string of the molecule is COc1ccccc1-c1nc(C)c(CC(=O)N2CCOCC2)s1. The lowest BCUT2D eigenvalue weighted by molar-refractivity contribution is -0.134. The van der Waals surface area contributed by atoms with Gasteiger partial charge >= 0.3 is 0 Å². The highest BCUT2D eigenvalue weighted by molar-refractivity contribution is 7.15. The van der Waals surface area contributed by atoms with Gasteiger partial charge in [0.1, 0.15) is 10.8 Å². The van der Waals surface area contributed by atoms with Gasteiger partial charge < -0.3 is 14.4 Å². The van der Waals surface area contributed by atoms with Crippen LogP contribution in [-0.4, -0.2) is 49.2 Å². The molecule has 0 atom stereocenters. The van der Waals surface area contributed by atoms with Crippen LogP contribution in [-0.2, 0) is 16.0 Å². The van der Waals surface area contributed by atoms with E-state index in [0.717, 1.165) is 26.9 Å². The lowest BCUT2D eigenvalue weighted by Crippen LogP contribution is -2.41. The molecule has 6 heteroatoms. The first kappa shape index (κ1) is 16.0. The molecular weight excluding hydrogens is 312 g/mol. The van der Waals surface area contributed by atoms with Crippen molar-refractivity contribution in [2.24, 2.45) is 0 Å². The number of aromatic nitrogens is 1. The van der Waals surface area contributed by atoms with Crippen LogP contribution >= 0.6 is 11.3 Å². The van der Waals surface area contributed by atoms with E-state index >= 15 is 0 Å². The fraction of sp³-hybridized carbons (Fsp3) is 0.412. The van der Waals surface area contributed by atoms with Crippen LogP contribution in [0.2, 0.25) is 0 Å². The van der Waals surface area contributed by atoms with Crippen LogP contribution in [0.3, 0.4) is 0 Å². The van der Waals surface area contributed by atoms with Gasteiger partial charge in [0, 0.05) is 18.0 Å². The third kappa shape index (κ3) is 3.54. The molecular formula is C17H20N2O3S. The van der Waals surface area contributed by atoms with E-state index in [1.54, 1.807) is 18.4 Å². The summed E-state index contributed by atoms with van der Waals surface area (Å²) in [5.41, 5.74) is 1.88. The molecule has 0 aliphatic carbocycles. The predicted molar refractivity (Wildman–Crippen MR) is 89.9 cm³/mol. The maximum atomic E-state index is 12.4. The van der Waals surface area contributed by atoms with Crippen molar-refractivity contribution in [1.82, 2.24) is 9.88 Å². The van der Waals surface area contributed by atoms with Gasteiger partial charge in [-0.1, -0.05) is 12.1 Å². The molecule has 3 rings (SSSR count). The van der Waals surface area contributed by atoms with Crippen LogP contribution < -0.4 is 4.74 Å². The van der Waals surface area contributed by atoms with Crippen LogP contribution in [0.25, 0.3) is 10.6 Å². The van der Waals surface area contributed by atoms with Crippen LogP contribution in [0, 0.1) is 6.92 Å². The summed E-state index contributed by atoms with van der Waals surface area (Å²) in [6.45, 7) is 4.56. The zero-order valence-corrected chi connectivity index (χ0v) is 14.2. The lowest BCUT2D eigenvalue weighted by Gasteiger charge is -2.26. The van der Waals surface area contributed by atoms with Gasteiger partial charge in [0.05, 0.1) is 38.0 Å². The Morgan fingerprint density at radius 2 is 2.09 bits per heavy atom. The zero-order valence-electron chi connectivity index (χ0n) is 13.4. The summed E-state index contributed by atoms with van der Waals surface area (Å²) in [6.07, 6.45) is 0.401. The number of ether oxygens (including phenoxy) is 2. The van der Waals surface area contributed by atoms with E-state index in [1.165, 1.54) is 0 Å². The van der Waals surface area contributed by atoms with Gasteiger partial charge in [-0.2, -0.15) is 0 Å². The van der Waals surface area contributed by atoms with Crippen molar-refractivity contribution in [2.45, 2.75) is 13.3 Å². The van der Waals surface area contributed by atoms with Crippen LogP contribution in [0.4, 0.5) is 0 Å². The summed E-state index contributed by atoms with van der Waals surface area (Å²) in [5.74, 6) is 0.943. The highest BCUT2D eigenvalue weighted by Crippen LogP contribution is 2.34. The average molecular weight is 332 g/mol. The molecule has 0 unspecified atom stereocenters. The maximum absolute atomic E-state index is 12.4. The molecule has 1 aromatic carbocycles. The van der Waals surface area contributed by atoms with Crippen molar-refractivity contribution < 1.29 is 14.3 Å². The van der Waals surface area contributed by atoms with Crippen molar-refractivity contribution >= 4 is 17.2 Å². The number of morpholine rings is 1. The molecule has 0 spiro atoms. The lowest BCUT2D eigenvalue weighted by atomic mass is 10.2. The first-order valence-electron chi connectivity index (χ1n) is 7.64. The third-order valence-electron chi connectivity index (χ3n) is 3.91. The molecule has 0 saturated carbocycles. The van der Waals surface area contributed by atoms with Gasteiger partial charge in [-0.15, -0.1) is 11.3 Å². The van der Waals surface area contributed by atoms with Crippen LogP contribution in [0.15, 0.2) is 24.3 Å². The summed E-state index contributed by atoms with van der Waals surface area (Å²) in [4.78, 5) is 19.9. The van der Waals surface area contributed by atoms with E-state index in [2.05, 4.69) is 4.98 Å². The van der Waals surface area contributed by atoms with Gasteiger partial charge in [0.15, 0.2) is 0 Å². The molecule has 1 fully saturated rings. The van der Waals surface area contributed by atoms with E-state index < -0.39 is 0 Å². The molecule has 1 saturated heterocycles. The number of para-hydroxylation sites is 1. The monoisotopic (exact) mass is 332 g/mol. The van der Waals surface area contributed by atoms with Crippen molar-refractivity contribution in [3.63, 3.8) is 0 Å². The minimum atomic E-state index is 0.145. The van der Waals surface area contributed by atoms with Crippen LogP contribution in [0.5, 0.6) is 5.75 Å². The molecule has 1 aliphatic heterocycles.